The quantitative estimate of drug-likeness (QED) is 0.537. The molecule has 1 aliphatic carbocycles. The Kier molecular flexibility index (Phi) is 7.13. The van der Waals surface area contributed by atoms with Crippen LogP contribution >= 0.6 is 21.7 Å². The minimum atomic E-state index is -3.43. The van der Waals surface area contributed by atoms with Crippen molar-refractivity contribution in [3.05, 3.63) is 70.7 Å². The highest BCUT2D eigenvalue weighted by Gasteiger charge is 2.47. The van der Waals surface area contributed by atoms with Gasteiger partial charge in [-0.05, 0) is 48.1 Å². The monoisotopic (exact) mass is 437 g/mol. The van der Waals surface area contributed by atoms with Gasteiger partial charge in [-0.2, -0.15) is 0 Å². The van der Waals surface area contributed by atoms with E-state index >= 15 is 0 Å². The molecule has 1 aromatic carbocycles. The molecule has 2 aliphatic rings. The van der Waals surface area contributed by atoms with Crippen molar-refractivity contribution in [3.63, 3.8) is 0 Å². The molecule has 0 bridgehead atoms. The molecule has 0 spiro atoms. The van der Waals surface area contributed by atoms with E-state index in [1.807, 2.05) is 31.3 Å². The van der Waals surface area contributed by atoms with E-state index in [1.165, 1.54) is 11.0 Å². The molecule has 0 unspecified atom stereocenters. The molecule has 1 saturated heterocycles. The number of halogens is 1. The number of likely N-dealkylation sites (N-methyl/N-ethyl adjacent to an activating group) is 1. The van der Waals surface area contributed by atoms with Gasteiger partial charge in [-0.25, -0.2) is 8.42 Å². The van der Waals surface area contributed by atoms with Crippen LogP contribution in [0.1, 0.15) is 44.2 Å². The van der Waals surface area contributed by atoms with Gasteiger partial charge in [0.25, 0.3) is 0 Å². The lowest BCUT2D eigenvalue weighted by molar-refractivity contribution is 0.171. The molecule has 0 aromatic heterocycles. The molecule has 1 fully saturated rings. The van der Waals surface area contributed by atoms with Gasteiger partial charge in [-0.3, -0.25) is 4.90 Å². The lowest BCUT2D eigenvalue weighted by Gasteiger charge is -2.42. The SMILES string of the molecule is CCCC=C[C@]1(CSCl)CS(=O)(=O)C2=CCCC=C2[C@@H](c2ccccc2)N1C. The smallest absolute Gasteiger partial charge is 0.180 e. The molecule has 0 saturated carbocycles. The summed E-state index contributed by atoms with van der Waals surface area (Å²) in [5, 5.41) is 0. The fourth-order valence-corrected chi connectivity index (χ4v) is 7.59. The third-order valence-corrected chi connectivity index (χ3v) is 8.50. The van der Waals surface area contributed by atoms with Gasteiger partial charge in [0.05, 0.1) is 22.2 Å². The average molecular weight is 438 g/mol. The molecule has 1 heterocycles. The number of nitrogens with zero attached hydrogens (tertiary/aromatic N) is 1. The molecule has 0 radical (unpaired) electrons. The summed E-state index contributed by atoms with van der Waals surface area (Å²) >= 11 is 0. The summed E-state index contributed by atoms with van der Waals surface area (Å²) in [6.45, 7) is 2.12. The number of allylic oxidation sites excluding steroid dienone is 3. The maximum Gasteiger partial charge on any atom is 0.180 e. The average Bonchev–Trinajstić information content (AvgIpc) is 2.75. The zero-order valence-corrected chi connectivity index (χ0v) is 18.9. The first-order valence-electron chi connectivity index (χ1n) is 9.77. The molecule has 0 amide bonds. The fraction of sp³-hybridized carbons (Fsp3) is 0.455. The van der Waals surface area contributed by atoms with Crippen molar-refractivity contribution < 1.29 is 8.42 Å². The van der Waals surface area contributed by atoms with Crippen LogP contribution in [0.25, 0.3) is 0 Å². The summed E-state index contributed by atoms with van der Waals surface area (Å²) in [5.74, 6) is 0.553. The highest BCUT2D eigenvalue weighted by Crippen LogP contribution is 2.46. The van der Waals surface area contributed by atoms with Gasteiger partial charge in [-0.1, -0.05) is 79.0 Å². The third-order valence-electron chi connectivity index (χ3n) is 5.61. The van der Waals surface area contributed by atoms with Crippen molar-refractivity contribution in [1.82, 2.24) is 4.90 Å². The molecule has 3 rings (SSSR count). The van der Waals surface area contributed by atoms with Crippen molar-refractivity contribution in [2.24, 2.45) is 0 Å². The predicted octanol–water partition coefficient (Wildman–Crippen LogP) is 5.67. The first-order valence-corrected chi connectivity index (χ1v) is 13.2. The molecule has 0 N–H and O–H groups in total. The van der Waals surface area contributed by atoms with Crippen LogP contribution in [0.5, 0.6) is 0 Å². The minimum absolute atomic E-state index is 0.0446. The maximum atomic E-state index is 13.5. The second-order valence-corrected chi connectivity index (χ2v) is 10.7. The van der Waals surface area contributed by atoms with E-state index in [0.717, 1.165) is 36.8 Å². The van der Waals surface area contributed by atoms with Crippen LogP contribution in [0.4, 0.5) is 0 Å². The number of unbranched alkanes of at least 4 members (excludes halogenated alkanes) is 1. The molecular weight excluding hydrogens is 410 g/mol. The normalized spacial score (nSPS) is 27.8. The number of rotatable bonds is 6. The summed E-state index contributed by atoms with van der Waals surface area (Å²) in [7, 11) is 5.92. The summed E-state index contributed by atoms with van der Waals surface area (Å²) in [5.41, 5.74) is 1.35. The Morgan fingerprint density at radius 3 is 2.64 bits per heavy atom. The van der Waals surface area contributed by atoms with Gasteiger partial charge in [0, 0.05) is 5.75 Å². The first kappa shape index (κ1) is 21.7. The van der Waals surface area contributed by atoms with Crippen LogP contribution in [-0.4, -0.2) is 37.4 Å². The van der Waals surface area contributed by atoms with E-state index < -0.39 is 15.4 Å². The maximum absolute atomic E-state index is 13.5. The zero-order chi connectivity index (χ0) is 20.2. The van der Waals surface area contributed by atoms with Crippen molar-refractivity contribution >= 4 is 31.5 Å². The molecule has 3 nitrogen and oxygen atoms in total. The van der Waals surface area contributed by atoms with Gasteiger partial charge >= 0.3 is 0 Å². The van der Waals surface area contributed by atoms with E-state index in [0.29, 0.717) is 10.7 Å². The zero-order valence-electron chi connectivity index (χ0n) is 16.5. The summed E-state index contributed by atoms with van der Waals surface area (Å²) < 4.78 is 26.9. The Hall–Kier alpha value is -1.01. The number of sulfone groups is 1. The number of hydrogen-bond acceptors (Lipinski definition) is 4. The number of fused-ring (bicyclic) bond motifs is 1. The lowest BCUT2D eigenvalue weighted by Crippen LogP contribution is -2.51. The summed E-state index contributed by atoms with van der Waals surface area (Å²) in [4.78, 5) is 2.73. The Balaban J connectivity index is 2.22. The predicted molar refractivity (Wildman–Crippen MR) is 121 cm³/mol. The van der Waals surface area contributed by atoms with Crippen molar-refractivity contribution in [2.75, 3.05) is 18.6 Å². The largest absolute Gasteiger partial charge is 0.284 e. The molecule has 28 heavy (non-hydrogen) atoms. The second kappa shape index (κ2) is 9.21. The van der Waals surface area contributed by atoms with Crippen molar-refractivity contribution in [3.8, 4) is 0 Å². The highest BCUT2D eigenvalue weighted by molar-refractivity contribution is 8.21. The standard InChI is InChI=1S/C22H28ClNO2S2/c1-3-4-10-15-22(16-27-23)17-28(25,26)20-14-9-8-13-19(20)21(24(22)2)18-11-6-5-7-12-18/h5-7,10-15,21H,3-4,8-9,16-17H2,1-2H3/t21-,22+/m1/s1. The van der Waals surface area contributed by atoms with Crippen LogP contribution < -0.4 is 0 Å². The number of benzene rings is 1. The highest BCUT2D eigenvalue weighted by atomic mass is 35.7. The van der Waals surface area contributed by atoms with Gasteiger partial charge < -0.3 is 0 Å². The molecule has 152 valence electrons. The second-order valence-electron chi connectivity index (χ2n) is 7.54. The summed E-state index contributed by atoms with van der Waals surface area (Å²) in [6, 6.07) is 10.1. The van der Waals surface area contributed by atoms with Gasteiger partial charge in [0.1, 0.15) is 0 Å². The topological polar surface area (TPSA) is 37.4 Å². The summed E-state index contributed by atoms with van der Waals surface area (Å²) in [6.07, 6.45) is 11.8. The van der Waals surface area contributed by atoms with E-state index in [1.54, 1.807) is 0 Å². The van der Waals surface area contributed by atoms with Gasteiger partial charge in [-0.15, -0.1) is 0 Å². The molecular formula is C22H28ClNO2S2. The Labute approximate surface area is 178 Å². The first-order chi connectivity index (χ1) is 13.4. The van der Waals surface area contributed by atoms with Crippen molar-refractivity contribution in [1.29, 1.82) is 0 Å². The molecule has 2 atom stereocenters. The van der Waals surface area contributed by atoms with Crippen LogP contribution in [0.2, 0.25) is 0 Å². The fourth-order valence-electron chi connectivity index (χ4n) is 4.16. The van der Waals surface area contributed by atoms with Crippen LogP contribution in [0, 0.1) is 0 Å². The third kappa shape index (κ3) is 4.28. The Bertz CT molecular complexity index is 877. The molecule has 1 aliphatic heterocycles. The van der Waals surface area contributed by atoms with E-state index in [9.17, 15) is 8.42 Å². The molecule has 1 aromatic rings. The van der Waals surface area contributed by atoms with Gasteiger partial charge in [0.2, 0.25) is 0 Å². The Morgan fingerprint density at radius 1 is 1.25 bits per heavy atom. The van der Waals surface area contributed by atoms with E-state index in [2.05, 4.69) is 42.2 Å². The Morgan fingerprint density at radius 2 is 1.96 bits per heavy atom. The van der Waals surface area contributed by atoms with E-state index in [4.69, 9.17) is 10.7 Å². The van der Waals surface area contributed by atoms with E-state index in [-0.39, 0.29) is 11.8 Å². The number of hydrogen-bond donors (Lipinski definition) is 0. The molecule has 6 heteroatoms. The van der Waals surface area contributed by atoms with Crippen LogP contribution in [-0.2, 0) is 9.84 Å². The van der Waals surface area contributed by atoms with Crippen LogP contribution in [0.15, 0.2) is 65.1 Å². The van der Waals surface area contributed by atoms with Crippen LogP contribution in [0.3, 0.4) is 0 Å². The lowest BCUT2D eigenvalue weighted by atomic mass is 9.89. The van der Waals surface area contributed by atoms with Crippen molar-refractivity contribution in [2.45, 2.75) is 44.2 Å². The van der Waals surface area contributed by atoms with Gasteiger partial charge in [0.15, 0.2) is 9.84 Å². The minimum Gasteiger partial charge on any atom is -0.284 e.